The number of rotatable bonds is 9. The van der Waals surface area contributed by atoms with Gasteiger partial charge in [-0.3, -0.25) is 0 Å². The normalized spacial score (nSPS) is 14.4. The van der Waals surface area contributed by atoms with Crippen molar-refractivity contribution < 1.29 is 0 Å². The van der Waals surface area contributed by atoms with Crippen LogP contribution in [0.4, 0.5) is 11.4 Å². The van der Waals surface area contributed by atoms with Gasteiger partial charge in [-0.1, -0.05) is 148 Å². The number of hydrogen-bond acceptors (Lipinski definition) is 1. The minimum Gasteiger partial charge on any atom is -0.311 e. The van der Waals surface area contributed by atoms with Gasteiger partial charge in [-0.15, -0.1) is 0 Å². The largest absolute Gasteiger partial charge is 0.311 e. The molecule has 1 aliphatic rings. The van der Waals surface area contributed by atoms with Crippen molar-refractivity contribution in [2.75, 3.05) is 4.90 Å². The SMILES string of the molecule is C=C(/C=C\C(=C/C)c1ccccc1)N(c1ccccc1)c1ccc(/C(C)=C/C2=C(C)c3ccccc3C2(C)C)c(-c2ccccc2)c1. The molecule has 232 valence electrons. The Morgan fingerprint density at radius 2 is 1.30 bits per heavy atom. The smallest absolute Gasteiger partial charge is 0.0467 e. The molecular formula is C46H43N. The third kappa shape index (κ3) is 6.35. The predicted molar refractivity (Wildman–Crippen MR) is 205 cm³/mol. The molecule has 5 aromatic carbocycles. The second-order valence-corrected chi connectivity index (χ2v) is 12.7. The summed E-state index contributed by atoms with van der Waals surface area (Å²) in [5.74, 6) is 0. The van der Waals surface area contributed by atoms with Gasteiger partial charge >= 0.3 is 0 Å². The van der Waals surface area contributed by atoms with E-state index in [1.807, 2.05) is 6.07 Å². The minimum atomic E-state index is -0.0610. The second-order valence-electron chi connectivity index (χ2n) is 12.7. The van der Waals surface area contributed by atoms with Crippen molar-refractivity contribution in [2.24, 2.45) is 0 Å². The van der Waals surface area contributed by atoms with Crippen molar-refractivity contribution in [3.05, 3.63) is 198 Å². The highest BCUT2D eigenvalue weighted by atomic mass is 15.1. The molecule has 0 atom stereocenters. The van der Waals surface area contributed by atoms with E-state index in [2.05, 4.69) is 198 Å². The maximum absolute atomic E-state index is 4.57. The molecule has 0 aromatic heterocycles. The summed E-state index contributed by atoms with van der Waals surface area (Å²) in [6, 6.07) is 47.4. The first-order valence-electron chi connectivity index (χ1n) is 16.4. The monoisotopic (exact) mass is 609 g/mol. The maximum atomic E-state index is 4.57. The summed E-state index contributed by atoms with van der Waals surface area (Å²) in [5, 5.41) is 0. The molecule has 0 N–H and O–H groups in total. The van der Waals surface area contributed by atoms with Crippen LogP contribution < -0.4 is 4.90 Å². The van der Waals surface area contributed by atoms with Crippen molar-refractivity contribution in [3.63, 3.8) is 0 Å². The van der Waals surface area contributed by atoms with Crippen molar-refractivity contribution in [3.8, 4) is 11.1 Å². The van der Waals surface area contributed by atoms with Crippen molar-refractivity contribution in [2.45, 2.75) is 40.0 Å². The van der Waals surface area contributed by atoms with Gasteiger partial charge < -0.3 is 4.90 Å². The summed E-state index contributed by atoms with van der Waals surface area (Å²) in [6.07, 6.45) is 8.83. The van der Waals surface area contributed by atoms with Gasteiger partial charge in [0.2, 0.25) is 0 Å². The molecule has 0 radical (unpaired) electrons. The lowest BCUT2D eigenvalue weighted by Crippen LogP contribution is -2.16. The Kier molecular flexibility index (Phi) is 9.09. The summed E-state index contributed by atoms with van der Waals surface area (Å²) in [7, 11) is 0. The summed E-state index contributed by atoms with van der Waals surface area (Å²) >= 11 is 0. The van der Waals surface area contributed by atoms with Crippen molar-refractivity contribution in [1.29, 1.82) is 0 Å². The Morgan fingerprint density at radius 1 is 0.681 bits per heavy atom. The lowest BCUT2D eigenvalue weighted by molar-refractivity contribution is 0.654. The summed E-state index contributed by atoms with van der Waals surface area (Å²) in [4.78, 5) is 2.24. The number of fused-ring (bicyclic) bond motifs is 1. The number of allylic oxidation sites excluding steroid dienone is 8. The lowest BCUT2D eigenvalue weighted by Gasteiger charge is -2.27. The van der Waals surface area contributed by atoms with Gasteiger partial charge in [0.15, 0.2) is 0 Å². The van der Waals surface area contributed by atoms with E-state index in [0.29, 0.717) is 0 Å². The van der Waals surface area contributed by atoms with Crippen LogP contribution in [0.1, 0.15) is 56.9 Å². The van der Waals surface area contributed by atoms with Crippen LogP contribution in [-0.2, 0) is 5.41 Å². The number of benzene rings is 5. The van der Waals surface area contributed by atoms with E-state index >= 15 is 0 Å². The molecule has 0 fully saturated rings. The fraction of sp³-hybridized carbons (Fsp3) is 0.130. The van der Waals surface area contributed by atoms with Crippen LogP contribution in [0.3, 0.4) is 0 Å². The Labute approximate surface area is 281 Å². The molecular weight excluding hydrogens is 567 g/mol. The average Bonchev–Trinajstić information content (AvgIpc) is 3.30. The molecule has 0 spiro atoms. The van der Waals surface area contributed by atoms with E-state index in [1.165, 1.54) is 50.1 Å². The molecule has 47 heavy (non-hydrogen) atoms. The Morgan fingerprint density at radius 3 is 1.96 bits per heavy atom. The third-order valence-corrected chi connectivity index (χ3v) is 9.39. The van der Waals surface area contributed by atoms with E-state index in [9.17, 15) is 0 Å². The molecule has 1 aliphatic carbocycles. The van der Waals surface area contributed by atoms with Gasteiger partial charge in [-0.2, -0.15) is 0 Å². The van der Waals surface area contributed by atoms with Crippen LogP contribution in [0.5, 0.6) is 0 Å². The average molecular weight is 610 g/mol. The fourth-order valence-corrected chi connectivity index (χ4v) is 6.88. The second kappa shape index (κ2) is 13.5. The summed E-state index contributed by atoms with van der Waals surface area (Å²) in [6.45, 7) is 15.9. The van der Waals surface area contributed by atoms with E-state index < -0.39 is 0 Å². The number of para-hydroxylation sites is 1. The first-order chi connectivity index (χ1) is 22.8. The molecule has 0 saturated carbocycles. The van der Waals surface area contributed by atoms with Crippen LogP contribution in [0.2, 0.25) is 0 Å². The molecule has 0 bridgehead atoms. The van der Waals surface area contributed by atoms with Crippen LogP contribution in [0, 0.1) is 0 Å². The first-order valence-corrected chi connectivity index (χ1v) is 16.4. The predicted octanol–water partition coefficient (Wildman–Crippen LogP) is 12.8. The van der Waals surface area contributed by atoms with Gasteiger partial charge in [-0.25, -0.2) is 0 Å². The highest BCUT2D eigenvalue weighted by Crippen LogP contribution is 2.48. The van der Waals surface area contributed by atoms with Gasteiger partial charge in [0.05, 0.1) is 0 Å². The zero-order valence-electron chi connectivity index (χ0n) is 28.2. The number of hydrogen-bond donors (Lipinski definition) is 0. The zero-order chi connectivity index (χ0) is 33.0. The third-order valence-electron chi connectivity index (χ3n) is 9.39. The minimum absolute atomic E-state index is 0.0610. The fourth-order valence-electron chi connectivity index (χ4n) is 6.88. The van der Waals surface area contributed by atoms with E-state index in [1.54, 1.807) is 0 Å². The van der Waals surface area contributed by atoms with Crippen LogP contribution in [0.15, 0.2) is 176 Å². The van der Waals surface area contributed by atoms with Crippen LogP contribution in [-0.4, -0.2) is 0 Å². The van der Waals surface area contributed by atoms with Crippen LogP contribution in [0.25, 0.3) is 27.8 Å². The van der Waals surface area contributed by atoms with E-state index in [0.717, 1.165) is 22.6 Å². The van der Waals surface area contributed by atoms with E-state index in [4.69, 9.17) is 0 Å². The maximum Gasteiger partial charge on any atom is 0.0467 e. The molecule has 1 heteroatoms. The van der Waals surface area contributed by atoms with Gasteiger partial charge in [0.1, 0.15) is 0 Å². The Hall–Kier alpha value is -5.40. The molecule has 0 amide bonds. The number of nitrogens with zero attached hydrogens (tertiary/aromatic N) is 1. The van der Waals surface area contributed by atoms with Crippen LogP contribution >= 0.6 is 0 Å². The molecule has 0 heterocycles. The van der Waals surface area contributed by atoms with Gasteiger partial charge in [0.25, 0.3) is 0 Å². The summed E-state index contributed by atoms with van der Waals surface area (Å²) < 4.78 is 0. The molecule has 6 rings (SSSR count). The Bertz CT molecular complexity index is 2020. The Balaban J connectivity index is 1.45. The zero-order valence-corrected chi connectivity index (χ0v) is 28.2. The topological polar surface area (TPSA) is 3.24 Å². The first kappa shape index (κ1) is 31.6. The molecule has 1 nitrogen and oxygen atoms in total. The molecule has 5 aromatic rings. The molecule has 0 unspecified atom stereocenters. The highest BCUT2D eigenvalue weighted by molar-refractivity contribution is 5.89. The lowest BCUT2D eigenvalue weighted by atomic mass is 9.80. The quantitative estimate of drug-likeness (QED) is 0.150. The number of anilines is 2. The standard InChI is InChI=1S/C46H43N/c1-7-36(37-19-11-8-12-20-37)28-27-34(3)47(39-23-15-10-16-24-39)40-29-30-41(43(32-40)38-21-13-9-14-22-38)33(2)31-45-35(4)42-25-17-18-26-44(42)46(45,5)6/h7-32H,3H2,1-2,4-6H3/b28-27-,33-31+,36-7+. The highest BCUT2D eigenvalue weighted by Gasteiger charge is 2.34. The van der Waals surface area contributed by atoms with Crippen molar-refractivity contribution in [1.82, 2.24) is 0 Å². The summed E-state index contributed by atoms with van der Waals surface area (Å²) in [5.41, 5.74) is 15.6. The van der Waals surface area contributed by atoms with E-state index in [-0.39, 0.29) is 5.41 Å². The van der Waals surface area contributed by atoms with Gasteiger partial charge in [-0.05, 0) is 107 Å². The van der Waals surface area contributed by atoms with Crippen molar-refractivity contribution >= 4 is 28.1 Å². The molecule has 0 aliphatic heterocycles. The van der Waals surface area contributed by atoms with Gasteiger partial charge in [0, 0.05) is 22.5 Å². The molecule has 0 saturated heterocycles.